The van der Waals surface area contributed by atoms with Crippen molar-refractivity contribution in [3.05, 3.63) is 29.8 Å². The van der Waals surface area contributed by atoms with Crippen LogP contribution >= 0.6 is 0 Å². The summed E-state index contributed by atoms with van der Waals surface area (Å²) in [5.74, 6) is -0.425. The lowest BCUT2D eigenvalue weighted by molar-refractivity contribution is -0.136. The Morgan fingerprint density at radius 3 is 2.20 bits per heavy atom. The van der Waals surface area contributed by atoms with Crippen molar-refractivity contribution < 1.29 is 19.1 Å². The molecule has 1 aliphatic heterocycles. The van der Waals surface area contributed by atoms with Gasteiger partial charge in [-0.05, 0) is 43.7 Å². The number of rotatable bonds is 8. The fourth-order valence-corrected chi connectivity index (χ4v) is 3.38. The largest absolute Gasteiger partial charge is 0.462 e. The summed E-state index contributed by atoms with van der Waals surface area (Å²) in [6, 6.07) is 5.44. The summed E-state index contributed by atoms with van der Waals surface area (Å²) in [5.41, 5.74) is 0.953. The first-order valence-electron chi connectivity index (χ1n) is 10.7. The van der Waals surface area contributed by atoms with Crippen LogP contribution in [0, 0.1) is 5.92 Å². The average Bonchev–Trinajstić information content (AvgIpc) is 2.77. The Bertz CT molecular complexity index is 714. The van der Waals surface area contributed by atoms with Crippen molar-refractivity contribution in [1.29, 1.82) is 0 Å². The number of hydrogen-bond acceptors (Lipinski definition) is 5. The third-order valence-corrected chi connectivity index (χ3v) is 5.55. The van der Waals surface area contributed by atoms with Crippen molar-refractivity contribution in [2.24, 2.45) is 5.92 Å². The number of carbonyl (C=O) groups is 3. The van der Waals surface area contributed by atoms with Crippen LogP contribution in [0.3, 0.4) is 0 Å². The molecule has 1 aromatic carbocycles. The van der Waals surface area contributed by atoms with Crippen molar-refractivity contribution in [1.82, 2.24) is 15.1 Å². The standard InChI is InChI=1S/C22H34N4O4/c1-5-16(4)19(20(27)26-14-12-25(6-2)13-15-26)24-22(29)23-18-10-8-17(9-11-18)21(28)30-7-3/h8-11,16,19H,5-7,12-15H2,1-4H3,(H2,23,24,29). The van der Waals surface area contributed by atoms with Crippen LogP contribution in [-0.4, -0.2) is 73.1 Å². The average molecular weight is 419 g/mol. The van der Waals surface area contributed by atoms with Gasteiger partial charge in [0.05, 0.1) is 12.2 Å². The lowest BCUT2D eigenvalue weighted by Gasteiger charge is -2.37. The number of hydrogen-bond donors (Lipinski definition) is 2. The molecule has 2 rings (SSSR count). The number of likely N-dealkylation sites (N-methyl/N-ethyl adjacent to an activating group) is 1. The molecule has 0 aliphatic carbocycles. The van der Waals surface area contributed by atoms with Gasteiger partial charge in [-0.3, -0.25) is 4.79 Å². The SMILES string of the molecule is CCOC(=O)c1ccc(NC(=O)NC(C(=O)N2CCN(CC)CC2)C(C)CC)cc1. The number of benzene rings is 1. The van der Waals surface area contributed by atoms with Crippen LogP contribution in [0.1, 0.15) is 44.5 Å². The molecule has 1 saturated heterocycles. The molecule has 1 heterocycles. The van der Waals surface area contributed by atoms with Gasteiger partial charge in [0.2, 0.25) is 5.91 Å². The molecule has 8 nitrogen and oxygen atoms in total. The predicted molar refractivity (Wildman–Crippen MR) is 116 cm³/mol. The van der Waals surface area contributed by atoms with Crippen LogP contribution in [0.15, 0.2) is 24.3 Å². The Morgan fingerprint density at radius 1 is 1.03 bits per heavy atom. The Balaban J connectivity index is 1.98. The Labute approximate surface area is 178 Å². The fourth-order valence-electron chi connectivity index (χ4n) is 3.38. The van der Waals surface area contributed by atoms with Crippen LogP contribution in [0.5, 0.6) is 0 Å². The van der Waals surface area contributed by atoms with Gasteiger partial charge in [0, 0.05) is 31.9 Å². The minimum atomic E-state index is -0.581. The molecule has 1 aromatic rings. The van der Waals surface area contributed by atoms with Crippen LogP contribution in [0.25, 0.3) is 0 Å². The first kappa shape index (κ1) is 23.7. The van der Waals surface area contributed by atoms with Crippen molar-refractivity contribution in [2.75, 3.05) is 44.6 Å². The zero-order chi connectivity index (χ0) is 22.1. The highest BCUT2D eigenvalue weighted by Crippen LogP contribution is 2.15. The topological polar surface area (TPSA) is 91.0 Å². The quantitative estimate of drug-likeness (QED) is 0.633. The van der Waals surface area contributed by atoms with Gasteiger partial charge in [-0.15, -0.1) is 0 Å². The third kappa shape index (κ3) is 6.45. The van der Waals surface area contributed by atoms with Gasteiger partial charge in [0.1, 0.15) is 6.04 Å². The van der Waals surface area contributed by atoms with Crippen molar-refractivity contribution in [3.8, 4) is 0 Å². The highest BCUT2D eigenvalue weighted by Gasteiger charge is 2.31. The number of esters is 1. The van der Waals surface area contributed by atoms with E-state index < -0.39 is 18.0 Å². The van der Waals surface area contributed by atoms with Crippen LogP contribution < -0.4 is 10.6 Å². The van der Waals surface area contributed by atoms with E-state index in [0.717, 1.165) is 26.1 Å². The van der Waals surface area contributed by atoms with E-state index in [1.807, 2.05) is 18.7 Å². The molecule has 2 N–H and O–H groups in total. The highest BCUT2D eigenvalue weighted by molar-refractivity contribution is 5.95. The van der Waals surface area contributed by atoms with Crippen LogP contribution in [0.4, 0.5) is 10.5 Å². The second kappa shape index (κ2) is 11.5. The van der Waals surface area contributed by atoms with Gasteiger partial charge in [-0.2, -0.15) is 0 Å². The molecule has 2 atom stereocenters. The first-order valence-corrected chi connectivity index (χ1v) is 10.7. The van der Waals surface area contributed by atoms with Gasteiger partial charge in [0.15, 0.2) is 0 Å². The highest BCUT2D eigenvalue weighted by atomic mass is 16.5. The van der Waals surface area contributed by atoms with E-state index in [1.54, 1.807) is 31.2 Å². The summed E-state index contributed by atoms with van der Waals surface area (Å²) in [6.45, 7) is 12.2. The van der Waals surface area contributed by atoms with Gasteiger partial charge in [0.25, 0.3) is 0 Å². The molecule has 1 fully saturated rings. The van der Waals surface area contributed by atoms with E-state index in [9.17, 15) is 14.4 Å². The molecule has 0 saturated carbocycles. The van der Waals surface area contributed by atoms with Gasteiger partial charge in [-0.25, -0.2) is 9.59 Å². The van der Waals surface area contributed by atoms with E-state index >= 15 is 0 Å². The number of carbonyl (C=O) groups excluding carboxylic acids is 3. The summed E-state index contributed by atoms with van der Waals surface area (Å²) in [5, 5.41) is 5.59. The molecule has 1 aliphatic rings. The predicted octanol–water partition coefficient (Wildman–Crippen LogP) is 2.56. The lowest BCUT2D eigenvalue weighted by Crippen LogP contribution is -2.57. The maximum atomic E-state index is 13.1. The third-order valence-electron chi connectivity index (χ3n) is 5.55. The molecular weight excluding hydrogens is 384 g/mol. The second-order valence-electron chi connectivity index (χ2n) is 7.52. The monoisotopic (exact) mass is 418 g/mol. The zero-order valence-corrected chi connectivity index (χ0v) is 18.4. The molecular formula is C22H34N4O4. The maximum absolute atomic E-state index is 13.1. The summed E-state index contributed by atoms with van der Waals surface area (Å²) >= 11 is 0. The van der Waals surface area contributed by atoms with Crippen molar-refractivity contribution in [3.63, 3.8) is 0 Å². The van der Waals surface area contributed by atoms with E-state index in [2.05, 4.69) is 22.5 Å². The molecule has 3 amide bonds. The summed E-state index contributed by atoms with van der Waals surface area (Å²) < 4.78 is 4.95. The normalized spacial score (nSPS) is 16.5. The first-order chi connectivity index (χ1) is 14.4. The molecule has 0 aromatic heterocycles. The molecule has 0 bridgehead atoms. The lowest BCUT2D eigenvalue weighted by atomic mass is 9.97. The Hall–Kier alpha value is -2.61. The number of nitrogens with one attached hydrogen (secondary N) is 2. The molecule has 0 spiro atoms. The van der Waals surface area contributed by atoms with Crippen molar-refractivity contribution >= 4 is 23.6 Å². The molecule has 0 radical (unpaired) electrons. The minimum Gasteiger partial charge on any atom is -0.462 e. The van der Waals surface area contributed by atoms with Crippen molar-refractivity contribution in [2.45, 2.75) is 40.2 Å². The number of amides is 3. The Morgan fingerprint density at radius 2 is 1.67 bits per heavy atom. The number of nitrogens with zero attached hydrogens (tertiary/aromatic N) is 2. The smallest absolute Gasteiger partial charge is 0.338 e. The summed E-state index contributed by atoms with van der Waals surface area (Å²) in [6.07, 6.45) is 0.778. The fraction of sp³-hybridized carbons (Fsp3) is 0.591. The summed E-state index contributed by atoms with van der Waals surface area (Å²) in [4.78, 5) is 41.5. The summed E-state index contributed by atoms with van der Waals surface area (Å²) in [7, 11) is 0. The maximum Gasteiger partial charge on any atom is 0.338 e. The van der Waals surface area contributed by atoms with E-state index in [0.29, 0.717) is 30.9 Å². The number of urea groups is 1. The number of piperazine rings is 1. The molecule has 8 heteroatoms. The number of ether oxygens (including phenoxy) is 1. The minimum absolute atomic E-state index is 0.0126. The van der Waals surface area contributed by atoms with E-state index in [-0.39, 0.29) is 11.8 Å². The molecule has 30 heavy (non-hydrogen) atoms. The zero-order valence-electron chi connectivity index (χ0n) is 18.4. The van der Waals surface area contributed by atoms with E-state index in [4.69, 9.17) is 4.74 Å². The van der Waals surface area contributed by atoms with Gasteiger partial charge < -0.3 is 25.2 Å². The van der Waals surface area contributed by atoms with Gasteiger partial charge in [-0.1, -0.05) is 27.2 Å². The van der Waals surface area contributed by atoms with Crippen LogP contribution in [0.2, 0.25) is 0 Å². The number of anilines is 1. The second-order valence-corrected chi connectivity index (χ2v) is 7.52. The van der Waals surface area contributed by atoms with E-state index in [1.165, 1.54) is 0 Å². The molecule has 2 unspecified atom stereocenters. The molecule has 166 valence electrons. The van der Waals surface area contributed by atoms with Crippen LogP contribution in [-0.2, 0) is 9.53 Å². The van der Waals surface area contributed by atoms with Gasteiger partial charge >= 0.3 is 12.0 Å². The Kier molecular flexibility index (Phi) is 9.11.